The molecule has 2 heterocycles. The topological polar surface area (TPSA) is 97.8 Å². The van der Waals surface area contributed by atoms with E-state index in [4.69, 9.17) is 14.2 Å². The summed E-state index contributed by atoms with van der Waals surface area (Å²) in [6.07, 6.45) is -0.0948. The van der Waals surface area contributed by atoms with Crippen molar-refractivity contribution in [2.45, 2.75) is 19.3 Å². The van der Waals surface area contributed by atoms with Gasteiger partial charge < -0.3 is 24.3 Å². The molecule has 3 aromatic rings. The van der Waals surface area contributed by atoms with Gasteiger partial charge in [0.1, 0.15) is 5.75 Å². The van der Waals surface area contributed by atoms with Crippen LogP contribution >= 0.6 is 0 Å². The number of H-pyrrole nitrogens is 1. The fraction of sp³-hybridized carbons (Fsp3) is 0.238. The highest BCUT2D eigenvalue weighted by Crippen LogP contribution is 2.40. The third-order valence-corrected chi connectivity index (χ3v) is 4.75. The lowest BCUT2D eigenvalue weighted by Gasteiger charge is -2.19. The summed E-state index contributed by atoms with van der Waals surface area (Å²) in [4.78, 5) is 27.8. The van der Waals surface area contributed by atoms with Crippen molar-refractivity contribution in [1.82, 2.24) is 4.98 Å². The van der Waals surface area contributed by atoms with Crippen molar-refractivity contribution in [3.63, 3.8) is 0 Å². The first-order valence-electron chi connectivity index (χ1n) is 8.97. The van der Waals surface area contributed by atoms with Crippen molar-refractivity contribution in [3.8, 4) is 17.2 Å². The van der Waals surface area contributed by atoms with Crippen LogP contribution in [-0.4, -0.2) is 29.5 Å². The average Bonchev–Trinajstić information content (AvgIpc) is 3.15. The van der Waals surface area contributed by atoms with Crippen LogP contribution in [0.4, 0.5) is 0 Å². The predicted octanol–water partition coefficient (Wildman–Crippen LogP) is 3.05. The van der Waals surface area contributed by atoms with Crippen molar-refractivity contribution in [3.05, 3.63) is 63.9 Å². The molecule has 0 saturated heterocycles. The van der Waals surface area contributed by atoms with E-state index >= 15 is 0 Å². The van der Waals surface area contributed by atoms with Crippen LogP contribution in [0.15, 0.2) is 47.3 Å². The average molecular weight is 381 g/mol. The Bertz CT molecular complexity index is 1100. The van der Waals surface area contributed by atoms with E-state index in [1.54, 1.807) is 49.4 Å². The molecular formula is C21H19NO6. The number of aromatic nitrogens is 1. The molecule has 0 aliphatic carbocycles. The molecule has 0 bridgehead atoms. The van der Waals surface area contributed by atoms with E-state index in [-0.39, 0.29) is 31.1 Å². The minimum absolute atomic E-state index is 0.0948. The molecular weight excluding hydrogens is 362 g/mol. The summed E-state index contributed by atoms with van der Waals surface area (Å²) in [5.74, 6) is -0.191. The molecule has 144 valence electrons. The smallest absolute Gasteiger partial charge is 0.306 e. The molecule has 7 nitrogen and oxygen atoms in total. The summed E-state index contributed by atoms with van der Waals surface area (Å²) in [6, 6.07) is 12.2. The fourth-order valence-corrected chi connectivity index (χ4v) is 3.47. The van der Waals surface area contributed by atoms with E-state index in [1.807, 2.05) is 0 Å². The highest BCUT2D eigenvalue weighted by Gasteiger charge is 2.28. The highest BCUT2D eigenvalue weighted by molar-refractivity contribution is 5.86. The SMILES string of the molecule is CCOC(=O)CC(c1ccc2c(c1)OCO2)c1c(O)c2ccccc2[nH]c1=O. The van der Waals surface area contributed by atoms with Gasteiger partial charge in [-0.3, -0.25) is 9.59 Å². The van der Waals surface area contributed by atoms with Crippen LogP contribution in [0.5, 0.6) is 17.2 Å². The number of hydrogen-bond donors (Lipinski definition) is 2. The second-order valence-corrected chi connectivity index (χ2v) is 6.44. The Kier molecular flexibility index (Phi) is 4.65. The largest absolute Gasteiger partial charge is 0.507 e. The van der Waals surface area contributed by atoms with Gasteiger partial charge in [-0.15, -0.1) is 0 Å². The van der Waals surface area contributed by atoms with Crippen LogP contribution in [0.2, 0.25) is 0 Å². The highest BCUT2D eigenvalue weighted by atomic mass is 16.7. The molecule has 2 aromatic carbocycles. The summed E-state index contributed by atoms with van der Waals surface area (Å²) < 4.78 is 15.8. The van der Waals surface area contributed by atoms with Crippen molar-refractivity contribution in [2.24, 2.45) is 0 Å². The van der Waals surface area contributed by atoms with E-state index in [0.717, 1.165) is 0 Å². The molecule has 1 aromatic heterocycles. The van der Waals surface area contributed by atoms with Crippen LogP contribution in [0.25, 0.3) is 10.9 Å². The maximum absolute atomic E-state index is 12.8. The van der Waals surface area contributed by atoms with Crippen molar-refractivity contribution in [1.29, 1.82) is 0 Å². The number of para-hydroxylation sites is 1. The van der Waals surface area contributed by atoms with Gasteiger partial charge in [-0.05, 0) is 36.8 Å². The fourth-order valence-electron chi connectivity index (χ4n) is 3.47. The Morgan fingerprint density at radius 3 is 2.82 bits per heavy atom. The minimum Gasteiger partial charge on any atom is -0.507 e. The van der Waals surface area contributed by atoms with Gasteiger partial charge in [-0.1, -0.05) is 18.2 Å². The molecule has 28 heavy (non-hydrogen) atoms. The van der Waals surface area contributed by atoms with E-state index in [9.17, 15) is 14.7 Å². The molecule has 1 unspecified atom stereocenters. The summed E-state index contributed by atoms with van der Waals surface area (Å²) in [7, 11) is 0. The lowest BCUT2D eigenvalue weighted by Crippen LogP contribution is -2.21. The zero-order valence-electron chi connectivity index (χ0n) is 15.2. The summed E-state index contributed by atoms with van der Waals surface area (Å²) in [5.41, 5.74) is 0.830. The third-order valence-electron chi connectivity index (χ3n) is 4.75. The molecule has 2 N–H and O–H groups in total. The number of carbonyl (C=O) groups is 1. The molecule has 7 heteroatoms. The zero-order valence-corrected chi connectivity index (χ0v) is 15.2. The number of esters is 1. The molecule has 0 spiro atoms. The van der Waals surface area contributed by atoms with Crippen LogP contribution < -0.4 is 15.0 Å². The first-order chi connectivity index (χ1) is 13.6. The van der Waals surface area contributed by atoms with Gasteiger partial charge in [0.15, 0.2) is 11.5 Å². The van der Waals surface area contributed by atoms with Gasteiger partial charge >= 0.3 is 5.97 Å². The van der Waals surface area contributed by atoms with Gasteiger partial charge in [0.2, 0.25) is 6.79 Å². The second-order valence-electron chi connectivity index (χ2n) is 6.44. The van der Waals surface area contributed by atoms with Crippen molar-refractivity contribution < 1.29 is 24.1 Å². The molecule has 0 saturated carbocycles. The molecule has 0 amide bonds. The Hall–Kier alpha value is -3.48. The number of rotatable bonds is 5. The molecule has 0 radical (unpaired) electrons. The van der Waals surface area contributed by atoms with Gasteiger partial charge in [0, 0.05) is 11.3 Å². The zero-order chi connectivity index (χ0) is 19.7. The summed E-state index contributed by atoms with van der Waals surface area (Å²) >= 11 is 0. The number of aromatic amines is 1. The Balaban J connectivity index is 1.87. The lowest BCUT2D eigenvalue weighted by molar-refractivity contribution is -0.143. The molecule has 1 aliphatic rings. The summed E-state index contributed by atoms with van der Waals surface area (Å²) in [5, 5.41) is 11.4. The monoisotopic (exact) mass is 381 g/mol. The number of fused-ring (bicyclic) bond motifs is 2. The number of hydrogen-bond acceptors (Lipinski definition) is 6. The standard InChI is InChI=1S/C21H19NO6/c1-2-26-18(23)10-14(12-7-8-16-17(9-12)28-11-27-16)19-20(24)13-5-3-4-6-15(13)22-21(19)25/h3-9,14H,2,10-11H2,1H3,(H2,22,24,25). The van der Waals surface area contributed by atoms with Gasteiger partial charge in [-0.25, -0.2) is 0 Å². The van der Waals surface area contributed by atoms with Crippen LogP contribution in [0.3, 0.4) is 0 Å². The third kappa shape index (κ3) is 3.15. The minimum atomic E-state index is -0.707. The Morgan fingerprint density at radius 1 is 1.21 bits per heavy atom. The Labute approximate surface area is 160 Å². The van der Waals surface area contributed by atoms with Crippen molar-refractivity contribution >= 4 is 16.9 Å². The lowest BCUT2D eigenvalue weighted by atomic mass is 9.87. The van der Waals surface area contributed by atoms with E-state index < -0.39 is 17.4 Å². The first kappa shape index (κ1) is 17.9. The molecule has 0 fully saturated rings. The molecule has 4 rings (SSSR count). The van der Waals surface area contributed by atoms with E-state index in [2.05, 4.69) is 4.98 Å². The molecule has 1 atom stereocenters. The number of aromatic hydroxyl groups is 1. The van der Waals surface area contributed by atoms with Crippen LogP contribution in [0.1, 0.15) is 30.4 Å². The van der Waals surface area contributed by atoms with E-state index in [1.165, 1.54) is 0 Å². The van der Waals surface area contributed by atoms with Gasteiger partial charge in [0.05, 0.1) is 24.1 Å². The first-order valence-corrected chi connectivity index (χ1v) is 8.97. The second kappa shape index (κ2) is 7.26. The maximum Gasteiger partial charge on any atom is 0.306 e. The van der Waals surface area contributed by atoms with Gasteiger partial charge in [-0.2, -0.15) is 0 Å². The predicted molar refractivity (Wildman–Crippen MR) is 102 cm³/mol. The van der Waals surface area contributed by atoms with Crippen LogP contribution in [0, 0.1) is 0 Å². The quantitative estimate of drug-likeness (QED) is 0.659. The summed E-state index contributed by atoms with van der Waals surface area (Å²) in [6.45, 7) is 2.06. The number of nitrogens with one attached hydrogen (secondary N) is 1. The number of benzene rings is 2. The molecule has 1 aliphatic heterocycles. The maximum atomic E-state index is 12.8. The normalized spacial score (nSPS) is 13.5. The van der Waals surface area contributed by atoms with Crippen molar-refractivity contribution in [2.75, 3.05) is 13.4 Å². The number of ether oxygens (including phenoxy) is 3. The Morgan fingerprint density at radius 2 is 2.00 bits per heavy atom. The number of carbonyl (C=O) groups excluding carboxylic acids is 1. The number of pyridine rings is 1. The van der Waals surface area contributed by atoms with Crippen LogP contribution in [-0.2, 0) is 9.53 Å². The van der Waals surface area contributed by atoms with E-state index in [0.29, 0.717) is 28.0 Å². The van der Waals surface area contributed by atoms with Gasteiger partial charge in [0.25, 0.3) is 5.56 Å².